The Bertz CT molecular complexity index is 397. The number of hydrogen-bond donors (Lipinski definition) is 2. The fraction of sp³-hybridized carbons (Fsp3) is 0.625. The molecule has 1 fully saturated rings. The zero-order chi connectivity index (χ0) is 13.8. The lowest BCUT2D eigenvalue weighted by Gasteiger charge is -2.36. The average Bonchev–Trinajstić information content (AvgIpc) is 2.39. The van der Waals surface area contributed by atoms with E-state index in [1.807, 2.05) is 7.05 Å². The predicted octanol–water partition coefficient (Wildman–Crippen LogP) is 2.56. The van der Waals surface area contributed by atoms with Crippen molar-refractivity contribution in [1.82, 2.24) is 5.32 Å². The molecule has 0 spiro atoms. The van der Waals surface area contributed by atoms with Crippen LogP contribution in [-0.2, 0) is 0 Å². The molecule has 19 heavy (non-hydrogen) atoms. The molecule has 1 saturated carbocycles. The molecule has 1 atom stereocenters. The second-order valence-electron chi connectivity index (χ2n) is 5.68. The Morgan fingerprint density at radius 3 is 2.63 bits per heavy atom. The van der Waals surface area contributed by atoms with E-state index in [9.17, 15) is 5.11 Å². The van der Waals surface area contributed by atoms with E-state index < -0.39 is 0 Å². The van der Waals surface area contributed by atoms with Crippen molar-refractivity contribution in [3.63, 3.8) is 0 Å². The summed E-state index contributed by atoms with van der Waals surface area (Å²) in [4.78, 5) is 2.34. The smallest absolute Gasteiger partial charge is 0.0546 e. The van der Waals surface area contributed by atoms with Gasteiger partial charge < -0.3 is 15.3 Å². The number of aliphatic hydroxyl groups is 1. The van der Waals surface area contributed by atoms with Crippen LogP contribution in [-0.4, -0.2) is 31.9 Å². The molecule has 106 valence electrons. The molecule has 0 amide bonds. The van der Waals surface area contributed by atoms with Gasteiger partial charge in [0.05, 0.1) is 6.10 Å². The van der Waals surface area contributed by atoms with E-state index >= 15 is 0 Å². The van der Waals surface area contributed by atoms with Crippen LogP contribution in [0.2, 0.25) is 0 Å². The molecule has 0 aliphatic heterocycles. The molecule has 0 bridgehead atoms. The number of nitrogens with one attached hydrogen (secondary N) is 1. The third-order valence-corrected chi connectivity index (χ3v) is 4.22. The van der Waals surface area contributed by atoms with Crippen LogP contribution in [0, 0.1) is 5.92 Å². The summed E-state index contributed by atoms with van der Waals surface area (Å²) >= 11 is 0. The second-order valence-corrected chi connectivity index (χ2v) is 5.68. The Labute approximate surface area is 116 Å². The molecule has 1 unspecified atom stereocenters. The van der Waals surface area contributed by atoms with Crippen LogP contribution in [0.15, 0.2) is 24.3 Å². The van der Waals surface area contributed by atoms with Gasteiger partial charge in [0, 0.05) is 25.3 Å². The lowest BCUT2D eigenvalue weighted by Crippen LogP contribution is -2.37. The number of para-hydroxylation sites is 1. The normalized spacial score (nSPS) is 23.8. The van der Waals surface area contributed by atoms with E-state index in [4.69, 9.17) is 0 Å². The van der Waals surface area contributed by atoms with Gasteiger partial charge in [0.15, 0.2) is 0 Å². The molecule has 1 aliphatic carbocycles. The standard InChI is InChI=1S/C16H26N2O/c1-4-15(17-2)14-7-5-6-8-16(14)18(3)11-12-9-13(19)10-12/h5-8,12-13,15,17,19H,4,9-11H2,1-3H3. The number of benzene rings is 1. The fourth-order valence-corrected chi connectivity index (χ4v) is 3.04. The molecule has 2 N–H and O–H groups in total. The Morgan fingerprint density at radius 1 is 1.37 bits per heavy atom. The van der Waals surface area contributed by atoms with Crippen molar-refractivity contribution in [2.75, 3.05) is 25.5 Å². The van der Waals surface area contributed by atoms with Crippen molar-refractivity contribution in [2.45, 2.75) is 38.3 Å². The van der Waals surface area contributed by atoms with Crippen LogP contribution < -0.4 is 10.2 Å². The number of rotatable bonds is 6. The van der Waals surface area contributed by atoms with Gasteiger partial charge in [-0.3, -0.25) is 0 Å². The molecule has 0 radical (unpaired) electrons. The van der Waals surface area contributed by atoms with E-state index in [2.05, 4.69) is 48.5 Å². The van der Waals surface area contributed by atoms with Gasteiger partial charge in [-0.15, -0.1) is 0 Å². The van der Waals surface area contributed by atoms with Gasteiger partial charge in [-0.25, -0.2) is 0 Å². The zero-order valence-electron chi connectivity index (χ0n) is 12.3. The van der Waals surface area contributed by atoms with E-state index in [0.29, 0.717) is 12.0 Å². The number of nitrogens with zero attached hydrogens (tertiary/aromatic N) is 1. The minimum Gasteiger partial charge on any atom is -0.393 e. The summed E-state index contributed by atoms with van der Waals surface area (Å²) in [6.07, 6.45) is 2.93. The summed E-state index contributed by atoms with van der Waals surface area (Å²) in [5.74, 6) is 0.641. The number of anilines is 1. The lowest BCUT2D eigenvalue weighted by atomic mass is 9.82. The van der Waals surface area contributed by atoms with Crippen molar-refractivity contribution >= 4 is 5.69 Å². The molecule has 1 aliphatic rings. The van der Waals surface area contributed by atoms with E-state index in [1.165, 1.54) is 11.3 Å². The molecule has 1 aromatic rings. The molecule has 1 aromatic carbocycles. The monoisotopic (exact) mass is 262 g/mol. The first-order valence-corrected chi connectivity index (χ1v) is 7.31. The molecular weight excluding hydrogens is 236 g/mol. The van der Waals surface area contributed by atoms with Crippen molar-refractivity contribution < 1.29 is 5.11 Å². The highest BCUT2D eigenvalue weighted by Gasteiger charge is 2.28. The van der Waals surface area contributed by atoms with Crippen molar-refractivity contribution in [2.24, 2.45) is 5.92 Å². The maximum atomic E-state index is 9.39. The summed E-state index contributed by atoms with van der Waals surface area (Å²) in [5, 5.41) is 12.8. The first-order chi connectivity index (χ1) is 9.15. The largest absolute Gasteiger partial charge is 0.393 e. The first-order valence-electron chi connectivity index (χ1n) is 7.31. The lowest BCUT2D eigenvalue weighted by molar-refractivity contribution is 0.0464. The zero-order valence-corrected chi connectivity index (χ0v) is 12.3. The highest BCUT2D eigenvalue weighted by molar-refractivity contribution is 5.54. The van der Waals surface area contributed by atoms with E-state index in [1.54, 1.807) is 0 Å². The van der Waals surface area contributed by atoms with E-state index in [0.717, 1.165) is 25.8 Å². The van der Waals surface area contributed by atoms with Gasteiger partial charge in [0.1, 0.15) is 0 Å². The molecular formula is C16H26N2O. The van der Waals surface area contributed by atoms with Gasteiger partial charge in [0.2, 0.25) is 0 Å². The van der Waals surface area contributed by atoms with Gasteiger partial charge in [-0.05, 0) is 43.9 Å². The summed E-state index contributed by atoms with van der Waals surface area (Å²) in [6.45, 7) is 3.24. The van der Waals surface area contributed by atoms with Gasteiger partial charge >= 0.3 is 0 Å². The fourth-order valence-electron chi connectivity index (χ4n) is 3.04. The Kier molecular flexibility index (Phi) is 4.83. The van der Waals surface area contributed by atoms with Crippen molar-refractivity contribution in [1.29, 1.82) is 0 Å². The molecule has 0 heterocycles. The highest BCUT2D eigenvalue weighted by Crippen LogP contribution is 2.32. The van der Waals surface area contributed by atoms with Crippen LogP contribution >= 0.6 is 0 Å². The summed E-state index contributed by atoms with van der Waals surface area (Å²) in [6, 6.07) is 9.04. The highest BCUT2D eigenvalue weighted by atomic mass is 16.3. The van der Waals surface area contributed by atoms with Gasteiger partial charge in [-0.2, -0.15) is 0 Å². The Hall–Kier alpha value is -1.06. The molecule has 2 rings (SSSR count). The van der Waals surface area contributed by atoms with Crippen LogP contribution in [0.3, 0.4) is 0 Å². The molecule has 0 saturated heterocycles. The van der Waals surface area contributed by atoms with Crippen LogP contribution in [0.4, 0.5) is 5.69 Å². The molecule has 0 aromatic heterocycles. The predicted molar refractivity (Wildman–Crippen MR) is 80.5 cm³/mol. The summed E-state index contributed by atoms with van der Waals surface area (Å²) < 4.78 is 0. The maximum Gasteiger partial charge on any atom is 0.0546 e. The SMILES string of the molecule is CCC(NC)c1ccccc1N(C)CC1CC(O)C1. The summed E-state index contributed by atoms with van der Waals surface area (Å²) in [5.41, 5.74) is 2.68. The second kappa shape index (κ2) is 6.40. The van der Waals surface area contributed by atoms with Crippen LogP contribution in [0.25, 0.3) is 0 Å². The van der Waals surface area contributed by atoms with Crippen molar-refractivity contribution in [3.8, 4) is 0 Å². The minimum atomic E-state index is -0.0608. The Balaban J connectivity index is 2.09. The quantitative estimate of drug-likeness (QED) is 0.827. The Morgan fingerprint density at radius 2 is 2.05 bits per heavy atom. The topological polar surface area (TPSA) is 35.5 Å². The first kappa shape index (κ1) is 14.4. The molecule has 3 nitrogen and oxygen atoms in total. The average molecular weight is 262 g/mol. The van der Waals surface area contributed by atoms with Crippen LogP contribution in [0.5, 0.6) is 0 Å². The number of aliphatic hydroxyl groups excluding tert-OH is 1. The maximum absolute atomic E-state index is 9.39. The van der Waals surface area contributed by atoms with E-state index in [-0.39, 0.29) is 6.10 Å². The number of hydrogen-bond acceptors (Lipinski definition) is 3. The van der Waals surface area contributed by atoms with Crippen LogP contribution in [0.1, 0.15) is 37.8 Å². The van der Waals surface area contributed by atoms with Gasteiger partial charge in [0.25, 0.3) is 0 Å². The third-order valence-electron chi connectivity index (χ3n) is 4.22. The third kappa shape index (κ3) is 3.28. The van der Waals surface area contributed by atoms with Crippen molar-refractivity contribution in [3.05, 3.63) is 29.8 Å². The summed E-state index contributed by atoms with van der Waals surface area (Å²) in [7, 11) is 4.18. The molecule has 3 heteroatoms. The van der Waals surface area contributed by atoms with Gasteiger partial charge in [-0.1, -0.05) is 25.1 Å². The minimum absolute atomic E-state index is 0.0608.